The van der Waals surface area contributed by atoms with E-state index >= 15 is 0 Å². The monoisotopic (exact) mass is 511 g/mol. The first-order valence-corrected chi connectivity index (χ1v) is 11.2. The second-order valence-electron chi connectivity index (χ2n) is 8.43. The SMILES string of the molecule is CCC(C)NCC(=O)O[C@@H]1CC[C@](O)(I)[C@@H]([C@@](C)(O)CCC=C(C)C)[C@@H]1OC. The van der Waals surface area contributed by atoms with Crippen molar-refractivity contribution in [2.24, 2.45) is 5.92 Å². The summed E-state index contributed by atoms with van der Waals surface area (Å²) in [6, 6.07) is 0.236. The van der Waals surface area contributed by atoms with Gasteiger partial charge in [-0.1, -0.05) is 18.6 Å². The van der Waals surface area contributed by atoms with Crippen molar-refractivity contribution in [2.45, 2.75) is 94.2 Å². The number of methoxy groups -OCH3 is 1. The first kappa shape index (κ1) is 25.8. The molecule has 1 rings (SSSR count). The largest absolute Gasteiger partial charge is 0.459 e. The summed E-state index contributed by atoms with van der Waals surface area (Å²) in [6.07, 6.45) is 4.04. The van der Waals surface area contributed by atoms with E-state index in [1.807, 2.05) is 50.3 Å². The van der Waals surface area contributed by atoms with Crippen molar-refractivity contribution in [1.82, 2.24) is 5.32 Å². The van der Waals surface area contributed by atoms with E-state index in [1.165, 1.54) is 5.57 Å². The molecule has 0 bridgehead atoms. The minimum Gasteiger partial charge on any atom is -0.459 e. The van der Waals surface area contributed by atoms with Crippen molar-refractivity contribution < 1.29 is 24.5 Å². The van der Waals surface area contributed by atoms with E-state index in [9.17, 15) is 15.0 Å². The molecule has 1 aliphatic carbocycles. The molecule has 164 valence electrons. The number of aliphatic hydroxyl groups is 2. The summed E-state index contributed by atoms with van der Waals surface area (Å²) >= 11 is 2.00. The zero-order chi connectivity index (χ0) is 21.5. The summed E-state index contributed by atoms with van der Waals surface area (Å²) in [5.74, 6) is -0.917. The van der Waals surface area contributed by atoms with Crippen LogP contribution in [0.3, 0.4) is 0 Å². The molecule has 0 aliphatic heterocycles. The van der Waals surface area contributed by atoms with Gasteiger partial charge in [-0.25, -0.2) is 0 Å². The molecule has 1 aliphatic rings. The van der Waals surface area contributed by atoms with Gasteiger partial charge in [0.25, 0.3) is 0 Å². The molecule has 0 saturated heterocycles. The van der Waals surface area contributed by atoms with E-state index in [4.69, 9.17) is 9.47 Å². The fourth-order valence-corrected chi connectivity index (χ4v) is 5.13. The summed E-state index contributed by atoms with van der Waals surface area (Å²) in [5.41, 5.74) is 0.0240. The Hall–Kier alpha value is -0.220. The molecule has 7 heteroatoms. The maximum absolute atomic E-state index is 12.3. The van der Waals surface area contributed by atoms with E-state index in [0.717, 1.165) is 6.42 Å². The van der Waals surface area contributed by atoms with Gasteiger partial charge in [0.05, 0.1) is 18.1 Å². The van der Waals surface area contributed by atoms with Gasteiger partial charge in [-0.3, -0.25) is 4.79 Å². The van der Waals surface area contributed by atoms with E-state index < -0.39 is 27.3 Å². The maximum atomic E-state index is 12.3. The number of nitrogens with one attached hydrogen (secondary N) is 1. The highest BCUT2D eigenvalue weighted by atomic mass is 127. The molecule has 0 aromatic heterocycles. The molecule has 1 unspecified atom stereocenters. The third-order valence-corrected chi connectivity index (χ3v) is 6.80. The lowest BCUT2D eigenvalue weighted by Gasteiger charge is -2.50. The normalized spacial score (nSPS) is 31.0. The molecular formula is C21H38INO5. The topological polar surface area (TPSA) is 88.0 Å². The highest BCUT2D eigenvalue weighted by Crippen LogP contribution is 2.47. The van der Waals surface area contributed by atoms with Crippen LogP contribution < -0.4 is 5.32 Å². The number of ether oxygens (including phenoxy) is 2. The van der Waals surface area contributed by atoms with E-state index in [0.29, 0.717) is 25.7 Å². The Labute approximate surface area is 183 Å². The van der Waals surface area contributed by atoms with Crippen LogP contribution in [0.5, 0.6) is 0 Å². The van der Waals surface area contributed by atoms with Crippen molar-refractivity contribution in [2.75, 3.05) is 13.7 Å². The highest BCUT2D eigenvalue weighted by molar-refractivity contribution is 14.1. The Morgan fingerprint density at radius 2 is 2.11 bits per heavy atom. The summed E-state index contributed by atoms with van der Waals surface area (Å²) in [7, 11) is 1.54. The number of halogens is 1. The third kappa shape index (κ3) is 7.55. The van der Waals surface area contributed by atoms with Gasteiger partial charge in [0.1, 0.15) is 15.8 Å². The van der Waals surface area contributed by atoms with Crippen LogP contribution >= 0.6 is 22.6 Å². The number of allylic oxidation sites excluding steroid dienone is 2. The summed E-state index contributed by atoms with van der Waals surface area (Å²) in [5, 5.41) is 25.4. The zero-order valence-corrected chi connectivity index (χ0v) is 20.3. The smallest absolute Gasteiger partial charge is 0.320 e. The number of hydrogen-bond acceptors (Lipinski definition) is 6. The summed E-state index contributed by atoms with van der Waals surface area (Å²) in [4.78, 5) is 12.3. The third-order valence-electron chi connectivity index (χ3n) is 5.59. The Bertz CT molecular complexity index is 531. The average Bonchev–Trinajstić information content (AvgIpc) is 2.59. The van der Waals surface area contributed by atoms with Gasteiger partial charge in [0.15, 0.2) is 0 Å². The maximum Gasteiger partial charge on any atom is 0.320 e. The number of hydrogen-bond donors (Lipinski definition) is 3. The van der Waals surface area contributed by atoms with Crippen LogP contribution in [0, 0.1) is 5.92 Å². The van der Waals surface area contributed by atoms with E-state index in [-0.39, 0.29) is 18.6 Å². The molecule has 0 heterocycles. The van der Waals surface area contributed by atoms with Gasteiger partial charge in [0, 0.05) is 13.2 Å². The lowest BCUT2D eigenvalue weighted by molar-refractivity contribution is -0.198. The standard InChI is InChI=1S/C21H38INO5/c1-7-15(4)23-13-17(24)28-16-10-12-21(22,26)19(18(16)27-6)20(5,25)11-8-9-14(2)3/h9,15-16,18-19,23,25-26H,7-8,10-13H2,1-6H3/t15?,16-,18-,19-,20+,21-/m1/s1. The quantitative estimate of drug-likeness (QED) is 0.181. The van der Waals surface area contributed by atoms with Crippen molar-refractivity contribution in [3.05, 3.63) is 11.6 Å². The Morgan fingerprint density at radius 1 is 1.46 bits per heavy atom. The molecule has 1 saturated carbocycles. The Morgan fingerprint density at radius 3 is 2.64 bits per heavy atom. The zero-order valence-electron chi connectivity index (χ0n) is 18.1. The van der Waals surface area contributed by atoms with Gasteiger partial charge in [-0.15, -0.1) is 0 Å². The second-order valence-corrected chi connectivity index (χ2v) is 10.3. The van der Waals surface area contributed by atoms with Gasteiger partial charge < -0.3 is 25.0 Å². The molecule has 3 N–H and O–H groups in total. The van der Waals surface area contributed by atoms with Crippen LogP contribution in [0.15, 0.2) is 11.6 Å². The first-order chi connectivity index (χ1) is 12.9. The van der Waals surface area contributed by atoms with Crippen LogP contribution in [0.1, 0.15) is 66.7 Å². The van der Waals surface area contributed by atoms with Crippen LogP contribution in [-0.2, 0) is 14.3 Å². The van der Waals surface area contributed by atoms with Gasteiger partial charge >= 0.3 is 5.97 Å². The van der Waals surface area contributed by atoms with Crippen molar-refractivity contribution >= 4 is 28.6 Å². The van der Waals surface area contributed by atoms with Gasteiger partial charge in [-0.2, -0.15) is 0 Å². The molecular weight excluding hydrogens is 473 g/mol. The minimum absolute atomic E-state index is 0.137. The fraction of sp³-hybridized carbons (Fsp3) is 0.857. The molecule has 28 heavy (non-hydrogen) atoms. The van der Waals surface area contributed by atoms with Crippen molar-refractivity contribution in [3.63, 3.8) is 0 Å². The number of rotatable bonds is 10. The second kappa shape index (κ2) is 11.2. The Balaban J connectivity index is 2.91. The predicted molar refractivity (Wildman–Crippen MR) is 119 cm³/mol. The lowest BCUT2D eigenvalue weighted by Crippen LogP contribution is -2.60. The summed E-state index contributed by atoms with van der Waals surface area (Å²) < 4.78 is 10.2. The number of carbonyl (C=O) groups is 1. The summed E-state index contributed by atoms with van der Waals surface area (Å²) in [6.45, 7) is 9.98. The number of carbonyl (C=O) groups excluding carboxylic acids is 1. The average molecular weight is 511 g/mol. The van der Waals surface area contributed by atoms with E-state index in [2.05, 4.69) is 11.4 Å². The van der Waals surface area contributed by atoms with Crippen molar-refractivity contribution in [3.8, 4) is 0 Å². The van der Waals surface area contributed by atoms with E-state index in [1.54, 1.807) is 14.0 Å². The molecule has 0 amide bonds. The van der Waals surface area contributed by atoms with Gasteiger partial charge in [-0.05, 0) is 82.4 Å². The fourth-order valence-electron chi connectivity index (χ4n) is 3.80. The Kier molecular flexibility index (Phi) is 10.4. The van der Waals surface area contributed by atoms with Crippen LogP contribution in [-0.4, -0.2) is 57.3 Å². The first-order valence-electron chi connectivity index (χ1n) is 10.2. The van der Waals surface area contributed by atoms with Crippen LogP contribution in [0.2, 0.25) is 0 Å². The van der Waals surface area contributed by atoms with Crippen LogP contribution in [0.4, 0.5) is 0 Å². The highest BCUT2D eigenvalue weighted by Gasteiger charge is 2.55. The number of alkyl halides is 1. The molecule has 6 nitrogen and oxygen atoms in total. The van der Waals surface area contributed by atoms with Crippen molar-refractivity contribution in [1.29, 1.82) is 0 Å². The van der Waals surface area contributed by atoms with Crippen LogP contribution in [0.25, 0.3) is 0 Å². The molecule has 0 aromatic carbocycles. The predicted octanol–water partition coefficient (Wildman–Crippen LogP) is 3.33. The molecule has 0 aromatic rings. The molecule has 1 fully saturated rings. The minimum atomic E-state index is -1.16. The molecule has 6 atom stereocenters. The molecule has 0 spiro atoms. The van der Waals surface area contributed by atoms with Gasteiger partial charge in [0.2, 0.25) is 0 Å². The molecule has 0 radical (unpaired) electrons. The number of esters is 1. The lowest BCUT2D eigenvalue weighted by atomic mass is 9.71.